The van der Waals surface area contributed by atoms with Crippen LogP contribution in [-0.4, -0.2) is 49.4 Å². The van der Waals surface area contributed by atoms with E-state index in [9.17, 15) is 0 Å². The molecule has 1 aliphatic heterocycles. The summed E-state index contributed by atoms with van der Waals surface area (Å²) >= 11 is 3.48. The van der Waals surface area contributed by atoms with Crippen LogP contribution in [0, 0.1) is 0 Å². The Bertz CT molecular complexity index is 1160. The number of thiazole rings is 2. The summed E-state index contributed by atoms with van der Waals surface area (Å²) in [7, 11) is 0. The first-order valence-corrected chi connectivity index (χ1v) is 11.9. The van der Waals surface area contributed by atoms with Crippen molar-refractivity contribution >= 4 is 53.4 Å². The van der Waals surface area contributed by atoms with Crippen LogP contribution in [0.3, 0.4) is 0 Å². The van der Waals surface area contributed by atoms with Crippen molar-refractivity contribution in [3.05, 3.63) is 36.4 Å². The zero-order valence-electron chi connectivity index (χ0n) is 17.1. The number of para-hydroxylation sites is 1. The van der Waals surface area contributed by atoms with Crippen LogP contribution in [0.15, 0.2) is 36.4 Å². The largest absolute Gasteiger partial charge is 0.494 e. The molecule has 0 amide bonds. The summed E-state index contributed by atoms with van der Waals surface area (Å²) in [5.41, 5.74) is 2.01. The molecule has 4 aromatic rings. The molecule has 0 radical (unpaired) electrons. The fraction of sp³-hybridized carbons (Fsp3) is 0.364. The van der Waals surface area contributed by atoms with E-state index >= 15 is 0 Å². The maximum absolute atomic E-state index is 5.75. The van der Waals surface area contributed by atoms with Crippen molar-refractivity contribution in [2.24, 2.45) is 0 Å². The molecular formula is C22H24N4O2S2. The first kappa shape index (κ1) is 19.4. The van der Waals surface area contributed by atoms with Crippen molar-refractivity contribution in [1.29, 1.82) is 0 Å². The van der Waals surface area contributed by atoms with Gasteiger partial charge in [-0.25, -0.2) is 9.97 Å². The van der Waals surface area contributed by atoms with Crippen molar-refractivity contribution in [3.63, 3.8) is 0 Å². The van der Waals surface area contributed by atoms with Gasteiger partial charge in [0.1, 0.15) is 17.0 Å². The molecule has 3 heterocycles. The third-order valence-corrected chi connectivity index (χ3v) is 7.31. The molecule has 0 spiro atoms. The zero-order valence-corrected chi connectivity index (χ0v) is 18.8. The maximum Gasteiger partial charge on any atom is 0.186 e. The van der Waals surface area contributed by atoms with Gasteiger partial charge in [0.25, 0.3) is 0 Å². The smallest absolute Gasteiger partial charge is 0.186 e. The molecule has 1 aliphatic rings. The maximum atomic E-state index is 5.75. The number of rotatable bonds is 6. The van der Waals surface area contributed by atoms with Crippen LogP contribution >= 0.6 is 22.7 Å². The fourth-order valence-electron chi connectivity index (χ4n) is 3.69. The number of nitrogens with zero attached hydrogens (tertiary/aromatic N) is 4. The third-order valence-electron chi connectivity index (χ3n) is 5.15. The Labute approximate surface area is 183 Å². The molecule has 2 aromatic heterocycles. The minimum absolute atomic E-state index is 0.652. The molecule has 30 heavy (non-hydrogen) atoms. The lowest BCUT2D eigenvalue weighted by Crippen LogP contribution is -2.46. The van der Waals surface area contributed by atoms with E-state index in [2.05, 4.69) is 21.9 Å². The third kappa shape index (κ3) is 3.65. The van der Waals surface area contributed by atoms with Crippen LogP contribution in [0.1, 0.15) is 13.8 Å². The molecule has 156 valence electrons. The number of hydrogen-bond acceptors (Lipinski definition) is 8. The Morgan fingerprint density at radius 2 is 1.53 bits per heavy atom. The SMILES string of the molecule is CCOc1ccc2nc(N3CCN(c4nc5c(OCC)cccc5s4)CC3)sc2c1. The Balaban J connectivity index is 1.31. The fourth-order valence-corrected chi connectivity index (χ4v) is 5.77. The average molecular weight is 441 g/mol. The van der Waals surface area contributed by atoms with Crippen LogP contribution < -0.4 is 19.3 Å². The molecule has 0 aliphatic carbocycles. The first-order valence-electron chi connectivity index (χ1n) is 10.3. The van der Waals surface area contributed by atoms with Crippen LogP contribution in [0.25, 0.3) is 20.4 Å². The Morgan fingerprint density at radius 3 is 2.27 bits per heavy atom. The van der Waals surface area contributed by atoms with Gasteiger partial charge in [-0.2, -0.15) is 0 Å². The van der Waals surface area contributed by atoms with Gasteiger partial charge >= 0.3 is 0 Å². The van der Waals surface area contributed by atoms with Crippen molar-refractivity contribution in [1.82, 2.24) is 9.97 Å². The summed E-state index contributed by atoms with van der Waals surface area (Å²) < 4.78 is 13.7. The first-order chi connectivity index (χ1) is 14.7. The van der Waals surface area contributed by atoms with Crippen LogP contribution in [-0.2, 0) is 0 Å². The molecule has 5 rings (SSSR count). The van der Waals surface area contributed by atoms with E-state index in [4.69, 9.17) is 19.4 Å². The van der Waals surface area contributed by atoms with Crippen LogP contribution in [0.2, 0.25) is 0 Å². The molecule has 0 bridgehead atoms. The molecule has 2 aromatic carbocycles. The zero-order chi connectivity index (χ0) is 20.5. The lowest BCUT2D eigenvalue weighted by Gasteiger charge is -2.34. The van der Waals surface area contributed by atoms with E-state index in [0.717, 1.165) is 59.0 Å². The molecule has 1 saturated heterocycles. The number of ether oxygens (including phenoxy) is 2. The summed E-state index contributed by atoms with van der Waals surface area (Å²) in [5, 5.41) is 2.16. The normalized spacial score (nSPS) is 14.6. The van der Waals surface area contributed by atoms with E-state index in [-0.39, 0.29) is 0 Å². The number of hydrogen-bond donors (Lipinski definition) is 0. The lowest BCUT2D eigenvalue weighted by molar-refractivity contribution is 0.341. The van der Waals surface area contributed by atoms with Crippen LogP contribution in [0.4, 0.5) is 10.3 Å². The van der Waals surface area contributed by atoms with Crippen molar-refractivity contribution < 1.29 is 9.47 Å². The van der Waals surface area contributed by atoms with Crippen molar-refractivity contribution in [3.8, 4) is 11.5 Å². The van der Waals surface area contributed by atoms with Crippen molar-refractivity contribution in [2.45, 2.75) is 13.8 Å². The van der Waals surface area contributed by atoms with Gasteiger partial charge in [-0.1, -0.05) is 28.7 Å². The topological polar surface area (TPSA) is 50.7 Å². The minimum atomic E-state index is 0.652. The average Bonchev–Trinajstić information content (AvgIpc) is 3.39. The lowest BCUT2D eigenvalue weighted by atomic mass is 10.3. The molecular weight excluding hydrogens is 416 g/mol. The standard InChI is InChI=1S/C22H24N4O2S2/c1-3-27-15-8-9-16-19(14-15)30-21(23-16)25-10-12-26(13-11-25)22-24-20-17(28-4-2)6-5-7-18(20)29-22/h5-9,14H,3-4,10-13H2,1-2H3. The van der Waals surface area contributed by atoms with Gasteiger partial charge in [-0.05, 0) is 44.2 Å². The number of piperazine rings is 1. The Hall–Kier alpha value is -2.58. The second-order valence-corrected chi connectivity index (χ2v) is 9.08. The number of fused-ring (bicyclic) bond motifs is 2. The van der Waals surface area contributed by atoms with Gasteiger partial charge in [0.2, 0.25) is 0 Å². The van der Waals surface area contributed by atoms with E-state index in [1.165, 1.54) is 9.40 Å². The van der Waals surface area contributed by atoms with Crippen LogP contribution in [0.5, 0.6) is 11.5 Å². The van der Waals surface area contributed by atoms with Gasteiger partial charge < -0.3 is 19.3 Å². The summed E-state index contributed by atoms with van der Waals surface area (Å²) in [4.78, 5) is 14.5. The number of benzene rings is 2. The molecule has 0 atom stereocenters. The summed E-state index contributed by atoms with van der Waals surface area (Å²) in [6, 6.07) is 12.3. The predicted octanol–water partition coefficient (Wildman–Crippen LogP) is 5.03. The van der Waals surface area contributed by atoms with E-state index in [0.29, 0.717) is 13.2 Å². The van der Waals surface area contributed by atoms with E-state index < -0.39 is 0 Å². The molecule has 0 saturated carbocycles. The second kappa shape index (κ2) is 8.28. The Morgan fingerprint density at radius 1 is 0.833 bits per heavy atom. The minimum Gasteiger partial charge on any atom is -0.494 e. The molecule has 6 nitrogen and oxygen atoms in total. The molecule has 1 fully saturated rings. The highest BCUT2D eigenvalue weighted by Crippen LogP contribution is 2.36. The quantitative estimate of drug-likeness (QED) is 0.419. The van der Waals surface area contributed by atoms with Gasteiger partial charge in [-0.3, -0.25) is 0 Å². The molecule has 8 heteroatoms. The predicted molar refractivity (Wildman–Crippen MR) is 126 cm³/mol. The van der Waals surface area contributed by atoms with Gasteiger partial charge in [0.05, 0.1) is 28.1 Å². The highest BCUT2D eigenvalue weighted by molar-refractivity contribution is 7.22. The van der Waals surface area contributed by atoms with Crippen molar-refractivity contribution in [2.75, 3.05) is 49.2 Å². The molecule has 0 N–H and O–H groups in total. The molecule has 0 unspecified atom stereocenters. The van der Waals surface area contributed by atoms with Gasteiger partial charge in [-0.15, -0.1) is 0 Å². The highest BCUT2D eigenvalue weighted by atomic mass is 32.1. The Kier molecular flexibility index (Phi) is 5.35. The number of anilines is 2. The highest BCUT2D eigenvalue weighted by Gasteiger charge is 2.23. The monoisotopic (exact) mass is 440 g/mol. The van der Waals surface area contributed by atoms with E-state index in [1.807, 2.05) is 38.1 Å². The summed E-state index contributed by atoms with van der Waals surface area (Å²) in [6.07, 6.45) is 0. The van der Waals surface area contributed by atoms with Gasteiger partial charge in [0.15, 0.2) is 10.3 Å². The summed E-state index contributed by atoms with van der Waals surface area (Å²) in [6.45, 7) is 9.08. The van der Waals surface area contributed by atoms with E-state index in [1.54, 1.807) is 22.7 Å². The van der Waals surface area contributed by atoms with Gasteiger partial charge in [0, 0.05) is 26.2 Å². The second-order valence-electron chi connectivity index (χ2n) is 7.07. The number of aromatic nitrogens is 2. The summed E-state index contributed by atoms with van der Waals surface area (Å²) in [5.74, 6) is 1.78.